The molecular formula is C25H23N5O4. The van der Waals surface area contributed by atoms with Crippen molar-refractivity contribution in [3.8, 4) is 28.3 Å². The molecule has 0 aliphatic carbocycles. The minimum atomic E-state index is -1.01. The number of carbonyl (C=O) groups is 2. The van der Waals surface area contributed by atoms with Gasteiger partial charge < -0.3 is 15.2 Å². The van der Waals surface area contributed by atoms with Crippen LogP contribution in [-0.2, 0) is 16.1 Å². The van der Waals surface area contributed by atoms with Crippen LogP contribution in [0.3, 0.4) is 0 Å². The second-order valence-corrected chi connectivity index (χ2v) is 7.61. The van der Waals surface area contributed by atoms with Gasteiger partial charge >= 0.3 is 5.97 Å². The quantitative estimate of drug-likeness (QED) is 0.392. The number of aromatic nitrogens is 4. The zero-order valence-electron chi connectivity index (χ0n) is 18.5. The van der Waals surface area contributed by atoms with Crippen molar-refractivity contribution in [2.75, 3.05) is 12.4 Å². The van der Waals surface area contributed by atoms with E-state index >= 15 is 0 Å². The molecule has 2 aromatic heterocycles. The lowest BCUT2D eigenvalue weighted by Crippen LogP contribution is -2.13. The summed E-state index contributed by atoms with van der Waals surface area (Å²) in [5.74, 6) is -0.779. The van der Waals surface area contributed by atoms with Gasteiger partial charge in [-0.25, -0.2) is 9.67 Å². The molecule has 0 spiro atoms. The molecule has 9 heteroatoms. The van der Waals surface area contributed by atoms with Crippen molar-refractivity contribution in [2.45, 2.75) is 19.4 Å². The highest BCUT2D eigenvalue weighted by Gasteiger charge is 2.09. The van der Waals surface area contributed by atoms with Crippen LogP contribution in [0.15, 0.2) is 73.1 Å². The summed E-state index contributed by atoms with van der Waals surface area (Å²) in [6.45, 7) is 0.555. The van der Waals surface area contributed by atoms with Gasteiger partial charge in [-0.3, -0.25) is 9.59 Å². The Balaban J connectivity index is 1.40. The number of ether oxygens (including phenoxy) is 1. The number of hydrogen-bond donors (Lipinski definition) is 2. The Morgan fingerprint density at radius 2 is 1.79 bits per heavy atom. The first-order chi connectivity index (χ1) is 16.5. The van der Waals surface area contributed by atoms with Crippen molar-refractivity contribution in [1.82, 2.24) is 20.0 Å². The maximum absolute atomic E-state index is 11.9. The molecule has 0 radical (unpaired) electrons. The molecule has 0 unspecified atom stereocenters. The fourth-order valence-electron chi connectivity index (χ4n) is 3.37. The van der Waals surface area contributed by atoms with E-state index in [9.17, 15) is 9.59 Å². The molecule has 0 fully saturated rings. The monoisotopic (exact) mass is 457 g/mol. The van der Waals surface area contributed by atoms with E-state index in [4.69, 9.17) is 9.84 Å². The van der Waals surface area contributed by atoms with E-state index in [1.165, 1.54) is 0 Å². The average Bonchev–Trinajstić information content (AvgIpc) is 3.32. The maximum Gasteiger partial charge on any atom is 0.303 e. The molecule has 9 nitrogen and oxygen atoms in total. The van der Waals surface area contributed by atoms with Crippen molar-refractivity contribution in [3.63, 3.8) is 0 Å². The summed E-state index contributed by atoms with van der Waals surface area (Å²) >= 11 is 0. The van der Waals surface area contributed by atoms with E-state index in [0.29, 0.717) is 23.8 Å². The molecule has 172 valence electrons. The number of carboxylic acid groups (broad SMARTS) is 1. The lowest BCUT2D eigenvalue weighted by Gasteiger charge is -2.06. The van der Waals surface area contributed by atoms with Crippen molar-refractivity contribution in [1.29, 1.82) is 0 Å². The number of anilines is 1. The van der Waals surface area contributed by atoms with Crippen molar-refractivity contribution >= 4 is 17.6 Å². The highest BCUT2D eigenvalue weighted by atomic mass is 16.5. The number of carboxylic acids is 1. The van der Waals surface area contributed by atoms with Crippen molar-refractivity contribution in [3.05, 3.63) is 78.6 Å². The number of nitrogens with one attached hydrogen (secondary N) is 1. The van der Waals surface area contributed by atoms with Crippen LogP contribution in [0.5, 0.6) is 5.88 Å². The zero-order valence-corrected chi connectivity index (χ0v) is 18.5. The molecule has 0 aliphatic rings. The number of pyridine rings is 1. The molecule has 2 heterocycles. The summed E-state index contributed by atoms with van der Waals surface area (Å²) in [6, 6.07) is 19.1. The van der Waals surface area contributed by atoms with Gasteiger partial charge in [0.15, 0.2) is 0 Å². The summed E-state index contributed by atoms with van der Waals surface area (Å²) in [6.07, 6.45) is 3.33. The largest absolute Gasteiger partial charge is 0.481 e. The van der Waals surface area contributed by atoms with E-state index < -0.39 is 5.97 Å². The fraction of sp³-hybridized carbons (Fsp3) is 0.160. The van der Waals surface area contributed by atoms with Crippen LogP contribution in [0.25, 0.3) is 22.4 Å². The molecule has 1 amide bonds. The SMILES string of the molecule is COc1ccc(-c2ccc(Cn3cc(-c4cccc(NC(=O)CCC(=O)O)c4)nn3)cc2)cn1. The van der Waals surface area contributed by atoms with Crippen molar-refractivity contribution in [2.24, 2.45) is 0 Å². The van der Waals surface area contributed by atoms with Gasteiger partial charge in [0.1, 0.15) is 5.69 Å². The minimum absolute atomic E-state index is 0.0799. The molecule has 0 aliphatic heterocycles. The molecule has 4 aromatic rings. The third kappa shape index (κ3) is 5.83. The third-order valence-corrected chi connectivity index (χ3v) is 5.12. The van der Waals surface area contributed by atoms with E-state index in [0.717, 1.165) is 22.3 Å². The summed E-state index contributed by atoms with van der Waals surface area (Å²) in [7, 11) is 1.59. The molecule has 34 heavy (non-hydrogen) atoms. The van der Waals surface area contributed by atoms with Crippen LogP contribution < -0.4 is 10.1 Å². The smallest absolute Gasteiger partial charge is 0.303 e. The second kappa shape index (κ2) is 10.4. The van der Waals surface area contributed by atoms with E-state index in [-0.39, 0.29) is 18.7 Å². The van der Waals surface area contributed by atoms with Gasteiger partial charge in [0.2, 0.25) is 11.8 Å². The molecular weight excluding hydrogens is 434 g/mol. The Morgan fingerprint density at radius 1 is 1.00 bits per heavy atom. The van der Waals surface area contributed by atoms with Crippen LogP contribution in [0.1, 0.15) is 18.4 Å². The maximum atomic E-state index is 11.9. The van der Waals surface area contributed by atoms with Gasteiger partial charge in [-0.2, -0.15) is 0 Å². The van der Waals surface area contributed by atoms with Crippen molar-refractivity contribution < 1.29 is 19.4 Å². The highest BCUT2D eigenvalue weighted by Crippen LogP contribution is 2.23. The van der Waals surface area contributed by atoms with Gasteiger partial charge in [-0.15, -0.1) is 5.10 Å². The predicted octanol–water partition coefficient (Wildman–Crippen LogP) is 3.87. The number of amides is 1. The topological polar surface area (TPSA) is 119 Å². The Morgan fingerprint density at radius 3 is 2.50 bits per heavy atom. The summed E-state index contributed by atoms with van der Waals surface area (Å²) in [5.41, 5.74) is 5.17. The summed E-state index contributed by atoms with van der Waals surface area (Å²) in [4.78, 5) is 26.8. The first-order valence-electron chi connectivity index (χ1n) is 10.6. The lowest BCUT2D eigenvalue weighted by molar-refractivity contribution is -0.138. The fourth-order valence-corrected chi connectivity index (χ4v) is 3.37. The van der Waals surface area contributed by atoms with Gasteiger partial charge in [0.25, 0.3) is 0 Å². The number of rotatable bonds is 9. The van der Waals surface area contributed by atoms with Gasteiger partial charge in [-0.1, -0.05) is 41.6 Å². The van der Waals surface area contributed by atoms with Gasteiger partial charge in [0, 0.05) is 35.5 Å². The summed E-state index contributed by atoms with van der Waals surface area (Å²) in [5, 5.41) is 19.9. The molecule has 0 saturated carbocycles. The molecule has 2 aromatic carbocycles. The number of nitrogens with zero attached hydrogens (tertiary/aromatic N) is 4. The molecule has 0 saturated heterocycles. The zero-order chi connectivity index (χ0) is 23.9. The van der Waals surface area contributed by atoms with Crippen LogP contribution in [0.2, 0.25) is 0 Å². The molecule has 4 rings (SSSR count). The minimum Gasteiger partial charge on any atom is -0.481 e. The Hall–Kier alpha value is -4.53. The first kappa shape index (κ1) is 22.7. The van der Waals surface area contributed by atoms with Crippen LogP contribution in [0.4, 0.5) is 5.69 Å². The van der Waals surface area contributed by atoms with Crippen LogP contribution in [-0.4, -0.2) is 44.1 Å². The molecule has 2 N–H and O–H groups in total. The second-order valence-electron chi connectivity index (χ2n) is 7.61. The van der Waals surface area contributed by atoms with Crippen LogP contribution >= 0.6 is 0 Å². The lowest BCUT2D eigenvalue weighted by atomic mass is 10.1. The number of benzene rings is 2. The Bertz CT molecular complexity index is 1280. The highest BCUT2D eigenvalue weighted by molar-refractivity contribution is 5.93. The van der Waals surface area contributed by atoms with Crippen LogP contribution in [0, 0.1) is 0 Å². The Kier molecular flexibility index (Phi) is 6.92. The number of methoxy groups -OCH3 is 1. The standard InChI is InChI=1S/C25H23N5O4/c1-34-24-11-9-20(14-26-24)18-7-5-17(6-8-18)15-30-16-22(28-29-30)19-3-2-4-21(13-19)27-23(31)10-12-25(32)33/h2-9,11,13-14,16H,10,12,15H2,1H3,(H,27,31)(H,32,33). The van der Waals surface area contributed by atoms with Gasteiger partial charge in [0.05, 0.1) is 26.3 Å². The summed E-state index contributed by atoms with van der Waals surface area (Å²) < 4.78 is 6.85. The molecule has 0 bridgehead atoms. The van der Waals surface area contributed by atoms with E-state index in [1.54, 1.807) is 36.2 Å². The third-order valence-electron chi connectivity index (χ3n) is 5.12. The number of hydrogen-bond acceptors (Lipinski definition) is 6. The average molecular weight is 457 g/mol. The molecule has 0 atom stereocenters. The number of carbonyl (C=O) groups excluding carboxylic acids is 1. The first-order valence-corrected chi connectivity index (χ1v) is 10.6. The van der Waals surface area contributed by atoms with E-state index in [2.05, 4.69) is 20.6 Å². The van der Waals surface area contributed by atoms with E-state index in [1.807, 2.05) is 48.7 Å². The predicted molar refractivity (Wildman–Crippen MR) is 126 cm³/mol. The Labute approximate surface area is 196 Å². The van der Waals surface area contributed by atoms with Gasteiger partial charge in [-0.05, 0) is 29.3 Å². The normalized spacial score (nSPS) is 10.6. The number of aliphatic carboxylic acids is 1.